The minimum Gasteiger partial charge on any atom is -0.493 e. The fraction of sp³-hybridized carbons (Fsp3) is 0.240. The van der Waals surface area contributed by atoms with E-state index in [-0.39, 0.29) is 34.8 Å². The van der Waals surface area contributed by atoms with Gasteiger partial charge in [0.25, 0.3) is 5.91 Å². The number of carbonyl (C=O) groups excluding carboxylic acids is 1. The smallest absolute Gasteiger partial charge is 0.339 e. The third kappa shape index (κ3) is 6.57. The second kappa shape index (κ2) is 11.0. The van der Waals surface area contributed by atoms with Crippen LogP contribution >= 0.6 is 15.9 Å². The van der Waals surface area contributed by atoms with Gasteiger partial charge >= 0.3 is 10.1 Å². The first kappa shape index (κ1) is 25.7. The lowest BCUT2D eigenvalue weighted by Crippen LogP contribution is -2.33. The Balaban J connectivity index is 1.89. The highest BCUT2D eigenvalue weighted by Gasteiger charge is 2.22. The third-order valence-electron chi connectivity index (χ3n) is 4.87. The van der Waals surface area contributed by atoms with Crippen LogP contribution in [0, 0.1) is 11.7 Å². The lowest BCUT2D eigenvalue weighted by molar-refractivity contribution is 0.0722. The summed E-state index contributed by atoms with van der Waals surface area (Å²) in [4.78, 5) is 14.7. The van der Waals surface area contributed by atoms with Gasteiger partial charge in [-0.1, -0.05) is 35.8 Å². The number of nitrogens with zero attached hydrogens (tertiary/aromatic N) is 1. The van der Waals surface area contributed by atoms with Gasteiger partial charge < -0.3 is 13.8 Å². The molecule has 0 heterocycles. The van der Waals surface area contributed by atoms with Gasteiger partial charge in [-0.2, -0.15) is 8.42 Å². The summed E-state index contributed by atoms with van der Waals surface area (Å²) in [6.45, 7) is 4.77. The van der Waals surface area contributed by atoms with Crippen LogP contribution in [0.5, 0.6) is 11.5 Å². The third-order valence-corrected chi connectivity index (χ3v) is 6.64. The molecule has 0 aliphatic rings. The fourth-order valence-corrected chi connectivity index (χ4v) is 4.50. The van der Waals surface area contributed by atoms with Crippen LogP contribution in [0.3, 0.4) is 0 Å². The van der Waals surface area contributed by atoms with Gasteiger partial charge in [0.1, 0.15) is 10.7 Å². The van der Waals surface area contributed by atoms with E-state index in [1.165, 1.54) is 13.2 Å². The zero-order chi connectivity index (χ0) is 24.9. The quantitative estimate of drug-likeness (QED) is 0.322. The molecule has 6 nitrogen and oxygen atoms in total. The van der Waals surface area contributed by atoms with Crippen molar-refractivity contribution in [1.82, 2.24) is 4.90 Å². The highest BCUT2D eigenvalue weighted by atomic mass is 79.9. The van der Waals surface area contributed by atoms with Crippen molar-refractivity contribution in [3.05, 3.63) is 88.1 Å². The number of ether oxygens (including phenoxy) is 1. The van der Waals surface area contributed by atoms with Crippen molar-refractivity contribution in [3.63, 3.8) is 0 Å². The molecule has 9 heteroatoms. The van der Waals surface area contributed by atoms with Crippen LogP contribution in [-0.4, -0.2) is 32.9 Å². The SMILES string of the molecule is COc1ccc(CN(CC(C)C)C(=O)c2ccc(Br)cc2)cc1OS(=O)(=O)c1ccc(F)cc1. The summed E-state index contributed by atoms with van der Waals surface area (Å²) in [5.74, 6) is -0.293. The number of amides is 1. The normalized spacial score (nSPS) is 11.4. The van der Waals surface area contributed by atoms with Gasteiger partial charge in [-0.05, 0) is 72.1 Å². The maximum atomic E-state index is 13.2. The van der Waals surface area contributed by atoms with Crippen LogP contribution in [0.1, 0.15) is 29.8 Å². The highest BCUT2D eigenvalue weighted by Crippen LogP contribution is 2.31. The van der Waals surface area contributed by atoms with Crippen LogP contribution < -0.4 is 8.92 Å². The van der Waals surface area contributed by atoms with Gasteiger partial charge in [0.05, 0.1) is 7.11 Å². The number of methoxy groups -OCH3 is 1. The Morgan fingerprint density at radius 3 is 2.24 bits per heavy atom. The maximum Gasteiger partial charge on any atom is 0.339 e. The number of halogens is 2. The maximum absolute atomic E-state index is 13.2. The van der Waals surface area contributed by atoms with Crippen LogP contribution in [0.15, 0.2) is 76.1 Å². The van der Waals surface area contributed by atoms with Crippen molar-refractivity contribution in [2.45, 2.75) is 25.3 Å². The van der Waals surface area contributed by atoms with Crippen molar-refractivity contribution in [1.29, 1.82) is 0 Å². The van der Waals surface area contributed by atoms with Crippen LogP contribution in [0.4, 0.5) is 4.39 Å². The highest BCUT2D eigenvalue weighted by molar-refractivity contribution is 9.10. The zero-order valence-electron chi connectivity index (χ0n) is 19.0. The van der Waals surface area contributed by atoms with E-state index in [1.807, 2.05) is 13.8 Å². The van der Waals surface area contributed by atoms with E-state index in [4.69, 9.17) is 8.92 Å². The van der Waals surface area contributed by atoms with Gasteiger partial charge in [-0.15, -0.1) is 0 Å². The number of hydrogen-bond donors (Lipinski definition) is 0. The molecule has 0 saturated heterocycles. The Morgan fingerprint density at radius 2 is 1.65 bits per heavy atom. The predicted octanol–water partition coefficient (Wildman–Crippen LogP) is 5.66. The summed E-state index contributed by atoms with van der Waals surface area (Å²) in [5, 5.41) is 0. The molecule has 0 bridgehead atoms. The first-order chi connectivity index (χ1) is 16.1. The van der Waals surface area contributed by atoms with E-state index in [0.717, 1.165) is 28.7 Å². The van der Waals surface area contributed by atoms with Gasteiger partial charge in [-0.3, -0.25) is 4.79 Å². The Morgan fingerprint density at radius 1 is 1.00 bits per heavy atom. The molecule has 3 aromatic carbocycles. The van der Waals surface area contributed by atoms with Gasteiger partial charge in [-0.25, -0.2) is 4.39 Å². The lowest BCUT2D eigenvalue weighted by atomic mass is 10.1. The van der Waals surface area contributed by atoms with Crippen LogP contribution in [0.25, 0.3) is 0 Å². The summed E-state index contributed by atoms with van der Waals surface area (Å²) in [5.41, 5.74) is 1.21. The van der Waals surface area contributed by atoms with E-state index >= 15 is 0 Å². The molecular formula is C25H25BrFNO5S. The first-order valence-electron chi connectivity index (χ1n) is 10.5. The molecule has 0 unspecified atom stereocenters. The van der Waals surface area contributed by atoms with E-state index in [9.17, 15) is 17.6 Å². The minimum atomic E-state index is -4.22. The largest absolute Gasteiger partial charge is 0.493 e. The topological polar surface area (TPSA) is 72.9 Å². The molecule has 3 aromatic rings. The van der Waals surface area contributed by atoms with E-state index < -0.39 is 15.9 Å². The molecular weight excluding hydrogens is 525 g/mol. The van der Waals surface area contributed by atoms with Crippen molar-refractivity contribution < 1.29 is 26.5 Å². The van der Waals surface area contributed by atoms with Crippen LogP contribution in [-0.2, 0) is 16.7 Å². The number of hydrogen-bond acceptors (Lipinski definition) is 5. The number of carbonyl (C=O) groups is 1. The summed E-state index contributed by atoms with van der Waals surface area (Å²) in [6, 6.07) is 16.3. The molecule has 0 aromatic heterocycles. The molecule has 3 rings (SSSR count). The van der Waals surface area contributed by atoms with Crippen molar-refractivity contribution >= 4 is 32.0 Å². The van der Waals surface area contributed by atoms with Crippen molar-refractivity contribution in [3.8, 4) is 11.5 Å². The zero-order valence-corrected chi connectivity index (χ0v) is 21.4. The van der Waals surface area contributed by atoms with Gasteiger partial charge in [0, 0.05) is 23.1 Å². The second-order valence-electron chi connectivity index (χ2n) is 8.06. The van der Waals surface area contributed by atoms with E-state index in [0.29, 0.717) is 17.7 Å². The molecule has 180 valence electrons. The molecule has 34 heavy (non-hydrogen) atoms. The fourth-order valence-electron chi connectivity index (χ4n) is 3.31. The molecule has 0 aliphatic carbocycles. The Bertz CT molecular complexity index is 1250. The molecule has 0 atom stereocenters. The van der Waals surface area contributed by atoms with E-state index in [2.05, 4.69) is 15.9 Å². The summed E-state index contributed by atoms with van der Waals surface area (Å²) in [7, 11) is -2.82. The Kier molecular flexibility index (Phi) is 8.33. The monoisotopic (exact) mass is 549 g/mol. The second-order valence-corrected chi connectivity index (χ2v) is 10.5. The standard InChI is InChI=1S/C25H25BrFNO5S/c1-17(2)15-28(25(29)19-5-7-20(26)8-6-19)16-18-4-13-23(32-3)24(14-18)33-34(30,31)22-11-9-21(27)10-12-22/h4-14,17H,15-16H2,1-3H3. The average Bonchev–Trinajstić information content (AvgIpc) is 2.78. The molecule has 0 aliphatic heterocycles. The molecule has 0 fully saturated rings. The first-order valence-corrected chi connectivity index (χ1v) is 12.7. The van der Waals surface area contributed by atoms with Crippen molar-refractivity contribution in [2.75, 3.05) is 13.7 Å². The summed E-state index contributed by atoms with van der Waals surface area (Å²) >= 11 is 3.37. The Labute approximate surface area is 207 Å². The van der Waals surface area contributed by atoms with Crippen LogP contribution in [0.2, 0.25) is 0 Å². The lowest BCUT2D eigenvalue weighted by Gasteiger charge is -2.25. The van der Waals surface area contributed by atoms with Gasteiger partial charge in [0.15, 0.2) is 11.5 Å². The van der Waals surface area contributed by atoms with Gasteiger partial charge in [0.2, 0.25) is 0 Å². The van der Waals surface area contributed by atoms with Crippen molar-refractivity contribution in [2.24, 2.45) is 5.92 Å². The molecule has 0 saturated carbocycles. The average molecular weight is 550 g/mol. The number of benzene rings is 3. The summed E-state index contributed by atoms with van der Waals surface area (Å²) < 4.78 is 50.1. The molecule has 1 amide bonds. The molecule has 0 spiro atoms. The summed E-state index contributed by atoms with van der Waals surface area (Å²) in [6.07, 6.45) is 0. The molecule has 0 radical (unpaired) electrons. The minimum absolute atomic E-state index is 0.0232. The Hall–Kier alpha value is -2.91. The predicted molar refractivity (Wildman–Crippen MR) is 131 cm³/mol. The molecule has 0 N–H and O–H groups in total. The van der Waals surface area contributed by atoms with E-state index in [1.54, 1.807) is 41.3 Å². The number of rotatable bonds is 9.